The van der Waals surface area contributed by atoms with Crippen LogP contribution in [-0.2, 0) is 0 Å². The van der Waals surface area contributed by atoms with E-state index < -0.39 is 0 Å². The lowest BCUT2D eigenvalue weighted by Gasteiger charge is -2.38. The summed E-state index contributed by atoms with van der Waals surface area (Å²) in [4.78, 5) is 27.8. The average Bonchev–Trinajstić information content (AvgIpc) is 2.93. The van der Waals surface area contributed by atoms with Crippen molar-refractivity contribution in [2.24, 2.45) is 0 Å². The Morgan fingerprint density at radius 3 is 2.16 bits per heavy atom. The first-order valence-corrected chi connectivity index (χ1v) is 12.3. The zero-order valence-electron chi connectivity index (χ0n) is 22.1. The van der Waals surface area contributed by atoms with E-state index in [9.17, 15) is 4.79 Å². The Morgan fingerprint density at radius 1 is 0.919 bits per heavy atom. The lowest BCUT2D eigenvalue weighted by atomic mass is 10.2. The van der Waals surface area contributed by atoms with Gasteiger partial charge in [-0.2, -0.15) is 0 Å². The number of hydrogen-bond acceptors (Lipinski definition) is 8. The van der Waals surface area contributed by atoms with Crippen LogP contribution >= 0.6 is 0 Å². The van der Waals surface area contributed by atoms with Crippen molar-refractivity contribution >= 4 is 34.7 Å². The molecule has 10 nitrogen and oxygen atoms in total. The minimum absolute atomic E-state index is 0.359. The zero-order chi connectivity index (χ0) is 26.4. The van der Waals surface area contributed by atoms with Gasteiger partial charge in [-0.1, -0.05) is 0 Å². The Balaban J connectivity index is 1.38. The summed E-state index contributed by atoms with van der Waals surface area (Å²) in [7, 11) is 4.76. The van der Waals surface area contributed by atoms with Gasteiger partial charge >= 0.3 is 6.03 Å². The molecule has 2 N–H and O–H groups in total. The first-order valence-electron chi connectivity index (χ1n) is 12.3. The van der Waals surface area contributed by atoms with Crippen LogP contribution in [0, 0.1) is 0 Å². The quantitative estimate of drug-likeness (QED) is 0.464. The molecule has 3 aromatic rings. The molecule has 0 atom stereocenters. The van der Waals surface area contributed by atoms with Crippen LogP contribution in [0.15, 0.2) is 54.9 Å². The fraction of sp³-hybridized carbons (Fsp3) is 0.370. The number of anilines is 5. The summed E-state index contributed by atoms with van der Waals surface area (Å²) >= 11 is 0. The van der Waals surface area contributed by atoms with Crippen LogP contribution in [0.1, 0.15) is 13.8 Å². The molecule has 0 spiro atoms. The third-order valence-corrected chi connectivity index (χ3v) is 6.45. The number of nitrogens with zero attached hydrogens (tertiary/aromatic N) is 5. The summed E-state index contributed by atoms with van der Waals surface area (Å²) in [5.74, 6) is 2.19. The van der Waals surface area contributed by atoms with E-state index in [4.69, 9.17) is 9.47 Å². The molecule has 4 rings (SSSR count). The van der Waals surface area contributed by atoms with Crippen LogP contribution in [0.5, 0.6) is 11.5 Å². The van der Waals surface area contributed by atoms with Gasteiger partial charge in [0.05, 0.1) is 14.2 Å². The van der Waals surface area contributed by atoms with Crippen molar-refractivity contribution in [1.29, 1.82) is 0 Å². The maximum atomic E-state index is 12.9. The summed E-state index contributed by atoms with van der Waals surface area (Å²) in [5, 5.41) is 6.14. The molecule has 0 saturated carbocycles. The third kappa shape index (κ3) is 6.59. The number of hydrogen-bond donors (Lipinski definition) is 2. The van der Waals surface area contributed by atoms with Crippen molar-refractivity contribution in [1.82, 2.24) is 14.9 Å². The van der Waals surface area contributed by atoms with Crippen molar-refractivity contribution in [3.63, 3.8) is 0 Å². The smallest absolute Gasteiger partial charge is 0.327 e. The Kier molecular flexibility index (Phi) is 8.29. The van der Waals surface area contributed by atoms with Gasteiger partial charge in [0.1, 0.15) is 29.5 Å². The molecule has 0 aliphatic carbocycles. The summed E-state index contributed by atoms with van der Waals surface area (Å²) in [6.45, 7) is 8.70. The molecule has 0 unspecified atom stereocenters. The zero-order valence-corrected chi connectivity index (χ0v) is 22.1. The first kappa shape index (κ1) is 26.0. The Morgan fingerprint density at radius 2 is 1.57 bits per heavy atom. The van der Waals surface area contributed by atoms with Crippen LogP contribution < -0.4 is 29.9 Å². The molecule has 196 valence electrons. The first-order chi connectivity index (χ1) is 17.9. The molecule has 2 amide bonds. The molecule has 1 aromatic heterocycles. The highest BCUT2D eigenvalue weighted by Gasteiger charge is 2.19. The van der Waals surface area contributed by atoms with E-state index in [-0.39, 0.29) is 6.03 Å². The topological polar surface area (TPSA) is 95.1 Å². The van der Waals surface area contributed by atoms with Crippen molar-refractivity contribution in [3.05, 3.63) is 54.9 Å². The number of carbonyl (C=O) groups excluding carboxylic acids is 1. The maximum Gasteiger partial charge on any atom is 0.327 e. The number of amides is 2. The third-order valence-electron chi connectivity index (χ3n) is 6.45. The van der Waals surface area contributed by atoms with E-state index in [0.29, 0.717) is 34.9 Å². The van der Waals surface area contributed by atoms with Gasteiger partial charge in [-0.25, -0.2) is 14.8 Å². The van der Waals surface area contributed by atoms with Crippen LogP contribution in [-0.4, -0.2) is 74.4 Å². The van der Waals surface area contributed by atoms with E-state index in [1.54, 1.807) is 45.5 Å². The van der Waals surface area contributed by atoms with Crippen molar-refractivity contribution in [2.75, 3.05) is 67.9 Å². The second kappa shape index (κ2) is 11.8. The molecule has 1 fully saturated rings. The van der Waals surface area contributed by atoms with Crippen LogP contribution in [0.25, 0.3) is 0 Å². The Bertz CT molecular complexity index is 1170. The number of methoxy groups -OCH3 is 2. The molecule has 10 heteroatoms. The fourth-order valence-electron chi connectivity index (χ4n) is 4.19. The van der Waals surface area contributed by atoms with Gasteiger partial charge in [0.2, 0.25) is 0 Å². The molecule has 1 saturated heterocycles. The van der Waals surface area contributed by atoms with E-state index in [0.717, 1.165) is 31.9 Å². The molecule has 0 radical (unpaired) electrons. The fourth-order valence-corrected chi connectivity index (χ4v) is 4.19. The molecule has 0 bridgehead atoms. The van der Waals surface area contributed by atoms with Crippen molar-refractivity contribution in [2.45, 2.75) is 19.9 Å². The highest BCUT2D eigenvalue weighted by molar-refractivity contribution is 6.01. The van der Waals surface area contributed by atoms with Crippen molar-refractivity contribution in [3.8, 4) is 11.5 Å². The number of piperazine rings is 1. The van der Waals surface area contributed by atoms with Gasteiger partial charge in [0.25, 0.3) is 0 Å². The number of nitrogens with one attached hydrogen (secondary N) is 2. The maximum absolute atomic E-state index is 12.9. The molecule has 2 heterocycles. The second-order valence-electron chi connectivity index (χ2n) is 9.14. The van der Waals surface area contributed by atoms with Gasteiger partial charge in [0, 0.05) is 80.6 Å². The number of aromatic nitrogens is 2. The summed E-state index contributed by atoms with van der Waals surface area (Å²) in [6.07, 6.45) is 1.43. The molecule has 37 heavy (non-hydrogen) atoms. The van der Waals surface area contributed by atoms with Crippen LogP contribution in [0.2, 0.25) is 0 Å². The minimum Gasteiger partial charge on any atom is -0.497 e. The van der Waals surface area contributed by atoms with Crippen molar-refractivity contribution < 1.29 is 14.3 Å². The predicted molar refractivity (Wildman–Crippen MR) is 148 cm³/mol. The number of benzene rings is 2. The van der Waals surface area contributed by atoms with E-state index in [1.165, 1.54) is 16.9 Å². The standard InChI is InChI=1S/C27H35N7O3/c1-19(2)33-10-12-34(13-11-33)22-8-6-20(7-9-22)30-25-17-26(29-18-28-25)32(3)27(35)31-21-14-23(36-4)16-24(15-21)37-5/h6-9,14-19H,10-13H2,1-5H3,(H,31,35)(H,28,29,30). The van der Waals surface area contributed by atoms with Gasteiger partial charge in [-0.05, 0) is 38.1 Å². The lowest BCUT2D eigenvalue weighted by Crippen LogP contribution is -2.48. The molecule has 1 aliphatic rings. The van der Waals surface area contributed by atoms with E-state index in [2.05, 4.69) is 56.4 Å². The summed E-state index contributed by atoms with van der Waals surface area (Å²) in [5.41, 5.74) is 2.67. The SMILES string of the molecule is COc1cc(NC(=O)N(C)c2cc(Nc3ccc(N4CCN(C(C)C)CC4)cc3)ncn2)cc(OC)c1. The van der Waals surface area contributed by atoms with E-state index in [1.807, 2.05) is 12.1 Å². The highest BCUT2D eigenvalue weighted by atomic mass is 16.5. The monoisotopic (exact) mass is 505 g/mol. The number of carbonyl (C=O) groups is 1. The average molecular weight is 506 g/mol. The predicted octanol–water partition coefficient (Wildman–Crippen LogP) is 4.44. The van der Waals surface area contributed by atoms with Gasteiger partial charge in [-0.15, -0.1) is 0 Å². The van der Waals surface area contributed by atoms with E-state index >= 15 is 0 Å². The normalized spacial score (nSPS) is 13.8. The highest BCUT2D eigenvalue weighted by Crippen LogP contribution is 2.27. The molecular weight excluding hydrogens is 470 g/mol. The molecule has 2 aromatic carbocycles. The minimum atomic E-state index is -0.359. The van der Waals surface area contributed by atoms with Gasteiger partial charge in [-0.3, -0.25) is 9.80 Å². The lowest BCUT2D eigenvalue weighted by molar-refractivity contribution is 0.209. The van der Waals surface area contributed by atoms with Gasteiger partial charge < -0.3 is 25.0 Å². The summed E-state index contributed by atoms with van der Waals surface area (Å²) < 4.78 is 10.5. The number of ether oxygens (including phenoxy) is 2. The Labute approximate surface area is 218 Å². The van der Waals surface area contributed by atoms with Crippen LogP contribution in [0.4, 0.5) is 33.5 Å². The van der Waals surface area contributed by atoms with Gasteiger partial charge in [0.15, 0.2) is 0 Å². The Hall–Kier alpha value is -4.05. The number of urea groups is 1. The van der Waals surface area contributed by atoms with Crippen LogP contribution in [0.3, 0.4) is 0 Å². The molecular formula is C27H35N7O3. The summed E-state index contributed by atoms with van der Waals surface area (Å²) in [6, 6.07) is 15.5. The largest absolute Gasteiger partial charge is 0.497 e. The molecule has 1 aliphatic heterocycles. The second-order valence-corrected chi connectivity index (χ2v) is 9.14. The number of rotatable bonds is 8.